The van der Waals surface area contributed by atoms with Crippen LogP contribution in [-0.2, 0) is 14.4 Å². The molecule has 94 valence electrons. The van der Waals surface area contributed by atoms with Crippen molar-refractivity contribution in [3.8, 4) is 0 Å². The topological polar surface area (TPSA) is 170 Å². The summed E-state index contributed by atoms with van der Waals surface area (Å²) in [7, 11) is 0. The van der Waals surface area contributed by atoms with Crippen LogP contribution in [0.25, 0.3) is 0 Å². The largest absolute Gasteiger partial charge is 0.480 e. The maximum absolute atomic E-state index is 10.1. The summed E-state index contributed by atoms with van der Waals surface area (Å²) in [5.74, 6) is -2.60. The van der Waals surface area contributed by atoms with Crippen molar-refractivity contribution in [3.05, 3.63) is 0 Å². The van der Waals surface area contributed by atoms with Crippen molar-refractivity contribution in [2.45, 2.75) is 31.8 Å². The number of carbonyl (C=O) groups excluding carboxylic acids is 1. The third-order valence-electron chi connectivity index (χ3n) is 1.41. The molecule has 1 amide bonds. The van der Waals surface area contributed by atoms with E-state index in [2.05, 4.69) is 0 Å². The fourth-order valence-corrected chi connectivity index (χ4v) is 0.421. The van der Waals surface area contributed by atoms with Gasteiger partial charge in [0.1, 0.15) is 12.1 Å². The van der Waals surface area contributed by atoms with E-state index in [0.29, 0.717) is 0 Å². The summed E-state index contributed by atoms with van der Waals surface area (Å²) in [4.78, 5) is 29.7. The molecule has 0 aliphatic carbocycles. The minimum absolute atomic E-state index is 0.0213. The average Bonchev–Trinajstić information content (AvgIpc) is 2.14. The molecule has 8 N–H and O–H groups in total. The van der Waals surface area contributed by atoms with E-state index in [-0.39, 0.29) is 12.8 Å². The van der Waals surface area contributed by atoms with Gasteiger partial charge in [-0.15, -0.1) is 0 Å². The van der Waals surface area contributed by atoms with Crippen LogP contribution in [0.5, 0.6) is 0 Å². The lowest BCUT2D eigenvalue weighted by Crippen LogP contribution is -2.31. The standard InChI is InChI=1S/C5H10N2O3.C3H7NO2/c6-3(5(9)10)1-2-4(7)8;1-2(4)3(5)6/h3H,1-2,6H2,(H2,7,8)(H,9,10);2H,4H2,1H3,(H,5,6)/t3-;2-/m00/s1. The van der Waals surface area contributed by atoms with Crippen LogP contribution < -0.4 is 17.2 Å². The second-order valence-electron chi connectivity index (χ2n) is 3.08. The highest BCUT2D eigenvalue weighted by Crippen LogP contribution is 1.92. The molecule has 0 aromatic heterocycles. The molecule has 0 spiro atoms. The van der Waals surface area contributed by atoms with Crippen molar-refractivity contribution in [2.24, 2.45) is 17.2 Å². The first kappa shape index (κ1) is 16.7. The molecule has 0 saturated carbocycles. The Hall–Kier alpha value is -1.67. The van der Waals surface area contributed by atoms with E-state index < -0.39 is 29.9 Å². The van der Waals surface area contributed by atoms with Crippen LogP contribution in [0.15, 0.2) is 0 Å². The van der Waals surface area contributed by atoms with Crippen LogP contribution >= 0.6 is 0 Å². The van der Waals surface area contributed by atoms with Crippen LogP contribution in [0.1, 0.15) is 19.8 Å². The molecule has 0 aromatic rings. The van der Waals surface area contributed by atoms with Gasteiger partial charge in [0.15, 0.2) is 0 Å². The van der Waals surface area contributed by atoms with E-state index >= 15 is 0 Å². The highest BCUT2D eigenvalue weighted by Gasteiger charge is 2.11. The van der Waals surface area contributed by atoms with E-state index in [1.54, 1.807) is 0 Å². The highest BCUT2D eigenvalue weighted by atomic mass is 16.4. The molecule has 0 saturated heterocycles. The number of carboxylic acids is 2. The summed E-state index contributed by atoms with van der Waals surface area (Å²) >= 11 is 0. The lowest BCUT2D eigenvalue weighted by Gasteiger charge is -2.01. The van der Waals surface area contributed by atoms with E-state index in [1.807, 2.05) is 0 Å². The zero-order valence-corrected chi connectivity index (χ0v) is 8.92. The van der Waals surface area contributed by atoms with Crippen LogP contribution in [0, 0.1) is 0 Å². The molecule has 2 atom stereocenters. The fraction of sp³-hybridized carbons (Fsp3) is 0.625. The fourth-order valence-electron chi connectivity index (χ4n) is 0.421. The molecule has 16 heavy (non-hydrogen) atoms. The monoisotopic (exact) mass is 235 g/mol. The normalized spacial score (nSPS) is 12.9. The van der Waals surface area contributed by atoms with E-state index in [4.69, 9.17) is 27.4 Å². The molecule has 0 aliphatic rings. The SMILES string of the molecule is C[C@H](N)C(=O)O.NC(=O)CC[C@H](N)C(=O)O. The zero-order valence-electron chi connectivity index (χ0n) is 8.92. The summed E-state index contributed by atoms with van der Waals surface area (Å²) in [6, 6.07) is -1.71. The predicted molar refractivity (Wildman–Crippen MR) is 55.3 cm³/mol. The quantitative estimate of drug-likeness (QED) is 0.369. The Morgan fingerprint density at radius 1 is 1.12 bits per heavy atom. The highest BCUT2D eigenvalue weighted by molar-refractivity contribution is 5.77. The second kappa shape index (κ2) is 8.62. The zero-order chi connectivity index (χ0) is 13.3. The van der Waals surface area contributed by atoms with Gasteiger partial charge in [-0.2, -0.15) is 0 Å². The van der Waals surface area contributed by atoms with Crippen molar-refractivity contribution in [1.29, 1.82) is 0 Å². The molecule has 0 radical (unpaired) electrons. The molecule has 0 unspecified atom stereocenters. The van der Waals surface area contributed by atoms with Gasteiger partial charge in [0.05, 0.1) is 0 Å². The van der Waals surface area contributed by atoms with Gasteiger partial charge >= 0.3 is 11.9 Å². The lowest BCUT2D eigenvalue weighted by atomic mass is 10.2. The van der Waals surface area contributed by atoms with Gasteiger partial charge in [-0.25, -0.2) is 0 Å². The van der Waals surface area contributed by atoms with Crippen molar-refractivity contribution < 1.29 is 24.6 Å². The maximum atomic E-state index is 10.1. The number of hydrogen-bond donors (Lipinski definition) is 5. The summed E-state index contributed by atoms with van der Waals surface area (Å²) in [6.07, 6.45) is 0.123. The van der Waals surface area contributed by atoms with E-state index in [1.165, 1.54) is 6.92 Å². The number of carboxylic acid groups (broad SMARTS) is 2. The Labute approximate surface area is 92.4 Å². The molecular formula is C8H17N3O5. The van der Waals surface area contributed by atoms with E-state index in [0.717, 1.165) is 0 Å². The van der Waals surface area contributed by atoms with Gasteiger partial charge in [0.25, 0.3) is 0 Å². The third-order valence-corrected chi connectivity index (χ3v) is 1.41. The lowest BCUT2D eigenvalue weighted by molar-refractivity contribution is -0.139. The first-order chi connectivity index (χ1) is 7.18. The van der Waals surface area contributed by atoms with Crippen molar-refractivity contribution in [2.75, 3.05) is 0 Å². The summed E-state index contributed by atoms with van der Waals surface area (Å²) in [5, 5.41) is 16.1. The molecule has 0 fully saturated rings. The number of hydrogen-bond acceptors (Lipinski definition) is 5. The molecule has 0 aliphatic heterocycles. The van der Waals surface area contributed by atoms with Crippen LogP contribution in [-0.4, -0.2) is 40.1 Å². The maximum Gasteiger partial charge on any atom is 0.320 e. The summed E-state index contributed by atoms with van der Waals surface area (Å²) < 4.78 is 0. The number of carbonyl (C=O) groups is 3. The minimum Gasteiger partial charge on any atom is -0.480 e. The smallest absolute Gasteiger partial charge is 0.320 e. The Morgan fingerprint density at radius 2 is 1.50 bits per heavy atom. The van der Waals surface area contributed by atoms with Crippen molar-refractivity contribution in [1.82, 2.24) is 0 Å². The molecule has 0 aromatic carbocycles. The third kappa shape index (κ3) is 12.3. The van der Waals surface area contributed by atoms with Gasteiger partial charge in [0.2, 0.25) is 5.91 Å². The second-order valence-corrected chi connectivity index (χ2v) is 3.08. The van der Waals surface area contributed by atoms with Gasteiger partial charge in [-0.1, -0.05) is 0 Å². The van der Waals surface area contributed by atoms with Gasteiger partial charge < -0.3 is 27.4 Å². The first-order valence-electron chi connectivity index (χ1n) is 4.43. The predicted octanol–water partition coefficient (Wildman–Crippen LogP) is -1.92. The minimum atomic E-state index is -1.11. The molecule has 0 bridgehead atoms. The van der Waals surface area contributed by atoms with Gasteiger partial charge in [-0.05, 0) is 13.3 Å². The number of nitrogens with two attached hydrogens (primary N) is 3. The Bertz CT molecular complexity index is 254. The molecule has 0 heterocycles. The van der Waals surface area contributed by atoms with Crippen LogP contribution in [0.3, 0.4) is 0 Å². The Kier molecular flexibility index (Phi) is 9.03. The number of aliphatic carboxylic acids is 2. The Balaban J connectivity index is 0. The summed E-state index contributed by atoms with van der Waals surface area (Å²) in [6.45, 7) is 1.42. The van der Waals surface area contributed by atoms with Crippen LogP contribution in [0.2, 0.25) is 0 Å². The number of rotatable bonds is 5. The number of primary amides is 1. The van der Waals surface area contributed by atoms with Gasteiger partial charge in [-0.3, -0.25) is 14.4 Å². The molecule has 8 heteroatoms. The average molecular weight is 235 g/mol. The molecule has 0 rings (SSSR count). The Morgan fingerprint density at radius 3 is 1.69 bits per heavy atom. The van der Waals surface area contributed by atoms with Crippen molar-refractivity contribution in [3.63, 3.8) is 0 Å². The molecular weight excluding hydrogens is 218 g/mol. The van der Waals surface area contributed by atoms with Gasteiger partial charge in [0, 0.05) is 6.42 Å². The summed E-state index contributed by atoms with van der Waals surface area (Å²) in [5.41, 5.74) is 14.6. The molecule has 8 nitrogen and oxygen atoms in total. The van der Waals surface area contributed by atoms with E-state index in [9.17, 15) is 14.4 Å². The van der Waals surface area contributed by atoms with Crippen molar-refractivity contribution >= 4 is 17.8 Å². The van der Waals surface area contributed by atoms with Crippen LogP contribution in [0.4, 0.5) is 0 Å². The number of amides is 1. The first-order valence-corrected chi connectivity index (χ1v) is 4.43.